The van der Waals surface area contributed by atoms with Gasteiger partial charge in [-0.05, 0) is 86.0 Å². The van der Waals surface area contributed by atoms with Crippen molar-refractivity contribution in [1.29, 1.82) is 5.26 Å². The third-order valence-corrected chi connectivity index (χ3v) is 11.5. The van der Waals surface area contributed by atoms with Crippen LogP contribution in [0.3, 0.4) is 0 Å². The van der Waals surface area contributed by atoms with Gasteiger partial charge in [0.1, 0.15) is 5.00 Å². The van der Waals surface area contributed by atoms with Gasteiger partial charge in [-0.25, -0.2) is 10.1 Å². The first kappa shape index (κ1) is 27.6. The smallest absolute Gasteiger partial charge is 0.270 e. The summed E-state index contributed by atoms with van der Waals surface area (Å²) < 4.78 is 0. The van der Waals surface area contributed by atoms with E-state index in [1.54, 1.807) is 0 Å². The van der Waals surface area contributed by atoms with Crippen LogP contribution in [0.4, 0.5) is 16.4 Å². The highest BCUT2D eigenvalue weighted by molar-refractivity contribution is 7.19. The molecule has 2 aliphatic carbocycles. The summed E-state index contributed by atoms with van der Waals surface area (Å²) in [5, 5.41) is 11.1. The Morgan fingerprint density at radius 1 is 0.592 bits per heavy atom. The Morgan fingerprint density at radius 3 is 1.88 bits per heavy atom. The molecular formula is C45H25N3S. The van der Waals surface area contributed by atoms with Gasteiger partial charge < -0.3 is 4.90 Å². The van der Waals surface area contributed by atoms with Crippen molar-refractivity contribution in [3.05, 3.63) is 202 Å². The lowest BCUT2D eigenvalue weighted by Gasteiger charge is -2.43. The lowest BCUT2D eigenvalue weighted by Crippen LogP contribution is -2.35. The number of thiophene rings is 1. The predicted molar refractivity (Wildman–Crippen MR) is 199 cm³/mol. The summed E-state index contributed by atoms with van der Waals surface area (Å²) in [6, 6.07) is 56.6. The van der Waals surface area contributed by atoms with Crippen LogP contribution in [-0.4, -0.2) is 0 Å². The van der Waals surface area contributed by atoms with Gasteiger partial charge in [-0.1, -0.05) is 121 Å². The number of hydrogen-bond acceptors (Lipinski definition) is 3. The first-order valence-electron chi connectivity index (χ1n) is 16.3. The molecule has 0 unspecified atom stereocenters. The Morgan fingerprint density at radius 2 is 1.18 bits per heavy atom. The molecule has 226 valence electrons. The summed E-state index contributed by atoms with van der Waals surface area (Å²) in [4.78, 5) is 7.22. The lowest BCUT2D eigenvalue weighted by atomic mass is 9.66. The Bertz CT molecular complexity index is 2590. The third kappa shape index (κ3) is 3.59. The van der Waals surface area contributed by atoms with Gasteiger partial charge in [0.2, 0.25) is 0 Å². The molecule has 6 aromatic carbocycles. The fourth-order valence-corrected chi connectivity index (χ4v) is 9.71. The van der Waals surface area contributed by atoms with Gasteiger partial charge in [-0.3, -0.25) is 0 Å². The molecule has 0 saturated carbocycles. The Hall–Kier alpha value is -6.46. The van der Waals surface area contributed by atoms with Gasteiger partial charge in [0.15, 0.2) is 0 Å². The van der Waals surface area contributed by atoms with Crippen LogP contribution < -0.4 is 4.90 Å². The molecule has 49 heavy (non-hydrogen) atoms. The first-order chi connectivity index (χ1) is 24.2. The van der Waals surface area contributed by atoms with Crippen molar-refractivity contribution in [3.8, 4) is 38.8 Å². The average Bonchev–Trinajstić information content (AvgIpc) is 3.83. The molecule has 3 aliphatic rings. The van der Waals surface area contributed by atoms with Crippen molar-refractivity contribution < 1.29 is 0 Å². The van der Waals surface area contributed by atoms with E-state index in [9.17, 15) is 5.26 Å². The van der Waals surface area contributed by atoms with Crippen molar-refractivity contribution in [3.63, 3.8) is 0 Å². The highest BCUT2D eigenvalue weighted by atomic mass is 32.1. The zero-order valence-corrected chi connectivity index (χ0v) is 27.0. The fourth-order valence-electron chi connectivity index (χ4n) is 8.46. The number of para-hydroxylation sites is 2. The lowest BCUT2D eigenvalue weighted by molar-refractivity contribution is 0.758. The van der Waals surface area contributed by atoms with Crippen LogP contribution in [0.5, 0.6) is 0 Å². The molecule has 7 aromatic rings. The van der Waals surface area contributed by atoms with E-state index >= 15 is 0 Å². The fraction of sp³-hybridized carbons (Fsp3) is 0.0222. The van der Waals surface area contributed by atoms with Gasteiger partial charge in [-0.15, -0.1) is 11.3 Å². The zero-order chi connectivity index (χ0) is 32.7. The largest absolute Gasteiger partial charge is 0.301 e. The van der Waals surface area contributed by atoms with Crippen LogP contribution in [0.25, 0.3) is 43.1 Å². The highest BCUT2D eigenvalue weighted by Crippen LogP contribution is 2.65. The first-order valence-corrected chi connectivity index (χ1v) is 17.1. The SMILES string of the molecule is [C-]#[N+]/C(C#N)=C1/c2ccccc2-c2cc(-c3cc4c(s3)N(c3ccccc3)c3ccccc3C43c4ccccc4-c4ccccc43)ccc21. The van der Waals surface area contributed by atoms with E-state index in [2.05, 4.69) is 149 Å². The Kier molecular flexibility index (Phi) is 5.79. The molecule has 0 atom stereocenters. The van der Waals surface area contributed by atoms with Gasteiger partial charge in [0.05, 0.1) is 23.7 Å². The molecule has 0 saturated heterocycles. The maximum atomic E-state index is 9.87. The van der Waals surface area contributed by atoms with Crippen molar-refractivity contribution >= 4 is 33.3 Å². The molecule has 4 heteroatoms. The number of allylic oxidation sites excluding steroid dienone is 1. The van der Waals surface area contributed by atoms with Crippen molar-refractivity contribution in [1.82, 2.24) is 0 Å². The number of hydrogen-bond donors (Lipinski definition) is 0. The summed E-state index contributed by atoms with van der Waals surface area (Å²) in [6.45, 7) is 7.73. The quantitative estimate of drug-likeness (QED) is 0.139. The average molecular weight is 640 g/mol. The minimum atomic E-state index is -0.490. The number of benzene rings is 6. The molecular weight excluding hydrogens is 615 g/mol. The van der Waals surface area contributed by atoms with Crippen LogP contribution >= 0.6 is 11.3 Å². The second-order valence-electron chi connectivity index (χ2n) is 12.6. The van der Waals surface area contributed by atoms with Gasteiger partial charge >= 0.3 is 0 Å². The standard InChI is InChI=1S/C45H25N3S/c1-47-40(27-46)43-33-18-6-5-15-30(33)35-25-28(23-24-34(35)43)42-26-39-44(49-42)48(29-13-3-2-4-14-29)41-22-12-11-21-38(41)45(39)36-19-9-7-16-31(36)32-17-8-10-20-37(32)45/h2-26H/b43-40-. The maximum Gasteiger partial charge on any atom is 0.270 e. The molecule has 2 heterocycles. The number of anilines is 3. The minimum Gasteiger partial charge on any atom is -0.301 e. The summed E-state index contributed by atoms with van der Waals surface area (Å²) in [6.07, 6.45) is 0. The van der Waals surface area contributed by atoms with E-state index < -0.39 is 5.41 Å². The number of fused-ring (bicyclic) bond motifs is 12. The molecule has 0 amide bonds. The summed E-state index contributed by atoms with van der Waals surface area (Å²) in [5.41, 5.74) is 15.5. The van der Waals surface area contributed by atoms with Crippen LogP contribution in [0, 0.1) is 17.9 Å². The van der Waals surface area contributed by atoms with Gasteiger partial charge in [0, 0.05) is 21.7 Å². The predicted octanol–water partition coefficient (Wildman–Crippen LogP) is 11.7. The summed E-state index contributed by atoms with van der Waals surface area (Å²) in [7, 11) is 0. The highest BCUT2D eigenvalue weighted by Gasteiger charge is 2.52. The molecule has 1 aliphatic heterocycles. The molecule has 1 spiro atoms. The summed E-state index contributed by atoms with van der Waals surface area (Å²) >= 11 is 1.82. The normalized spacial score (nSPS) is 14.9. The van der Waals surface area contributed by atoms with Crippen molar-refractivity contribution in [2.75, 3.05) is 4.90 Å². The maximum absolute atomic E-state index is 9.87. The minimum absolute atomic E-state index is 0.127. The summed E-state index contributed by atoms with van der Waals surface area (Å²) in [5.74, 6) is 0. The topological polar surface area (TPSA) is 31.4 Å². The van der Waals surface area contributed by atoms with E-state index in [0.29, 0.717) is 0 Å². The second-order valence-corrected chi connectivity index (χ2v) is 13.6. The molecule has 0 fully saturated rings. The number of nitriles is 1. The molecule has 0 bridgehead atoms. The monoisotopic (exact) mass is 639 g/mol. The van der Waals surface area contributed by atoms with Crippen LogP contribution in [0.2, 0.25) is 0 Å². The molecule has 0 N–H and O–H groups in total. The van der Waals surface area contributed by atoms with Crippen molar-refractivity contribution in [2.45, 2.75) is 5.41 Å². The van der Waals surface area contributed by atoms with E-state index in [1.807, 2.05) is 29.5 Å². The van der Waals surface area contributed by atoms with E-state index in [0.717, 1.165) is 39.1 Å². The van der Waals surface area contributed by atoms with Crippen molar-refractivity contribution in [2.24, 2.45) is 0 Å². The van der Waals surface area contributed by atoms with Gasteiger partial charge in [0.25, 0.3) is 5.70 Å². The van der Waals surface area contributed by atoms with E-state index in [-0.39, 0.29) is 5.70 Å². The second kappa shape index (κ2) is 10.3. The third-order valence-electron chi connectivity index (χ3n) is 10.3. The van der Waals surface area contributed by atoms with E-state index in [1.165, 1.54) is 48.9 Å². The number of rotatable bonds is 2. The zero-order valence-electron chi connectivity index (χ0n) is 26.2. The van der Waals surface area contributed by atoms with Crippen LogP contribution in [0.15, 0.2) is 157 Å². The number of nitrogens with zero attached hydrogens (tertiary/aromatic N) is 3. The Balaban J connectivity index is 1.28. The molecule has 10 rings (SSSR count). The van der Waals surface area contributed by atoms with Crippen LogP contribution in [0.1, 0.15) is 33.4 Å². The molecule has 0 radical (unpaired) electrons. The van der Waals surface area contributed by atoms with E-state index in [4.69, 9.17) is 6.57 Å². The molecule has 1 aromatic heterocycles. The molecule has 3 nitrogen and oxygen atoms in total. The van der Waals surface area contributed by atoms with Gasteiger partial charge in [-0.2, -0.15) is 0 Å². The van der Waals surface area contributed by atoms with Crippen LogP contribution in [-0.2, 0) is 5.41 Å². The Labute approximate surface area is 288 Å².